The Bertz CT molecular complexity index is 1450. The van der Waals surface area contributed by atoms with Crippen molar-refractivity contribution >= 4 is 22.7 Å². The average Bonchev–Trinajstić information content (AvgIpc) is 3.22. The summed E-state index contributed by atoms with van der Waals surface area (Å²) in [6.45, 7) is 1.55. The normalized spacial score (nSPS) is 13.6. The highest BCUT2D eigenvalue weighted by Crippen LogP contribution is 2.26. The van der Waals surface area contributed by atoms with Crippen LogP contribution in [0.2, 0.25) is 0 Å². The quantitative estimate of drug-likeness (QED) is 0.381. The fourth-order valence-corrected chi connectivity index (χ4v) is 4.74. The Morgan fingerprint density at radius 1 is 0.972 bits per heavy atom. The van der Waals surface area contributed by atoms with Crippen molar-refractivity contribution in [1.82, 2.24) is 20.2 Å². The lowest BCUT2D eigenvalue weighted by atomic mass is 9.98. The molecule has 0 bridgehead atoms. The molecule has 0 saturated carbocycles. The Labute approximate surface area is 209 Å². The molecular weight excluding hydrogens is 452 g/mol. The lowest BCUT2D eigenvalue weighted by molar-refractivity contribution is -0.121. The van der Waals surface area contributed by atoms with Crippen LogP contribution in [-0.2, 0) is 17.8 Å². The fraction of sp³-hybridized carbons (Fsp3) is 0.241. The molecule has 0 aliphatic carbocycles. The van der Waals surface area contributed by atoms with Gasteiger partial charge < -0.3 is 15.2 Å². The van der Waals surface area contributed by atoms with Gasteiger partial charge in [-0.25, -0.2) is 4.98 Å². The van der Waals surface area contributed by atoms with Gasteiger partial charge in [0.1, 0.15) is 5.82 Å². The summed E-state index contributed by atoms with van der Waals surface area (Å²) in [5.41, 5.74) is 3.38. The van der Waals surface area contributed by atoms with Crippen molar-refractivity contribution in [3.05, 3.63) is 112 Å². The Morgan fingerprint density at radius 2 is 1.72 bits per heavy atom. The molecule has 0 radical (unpaired) electrons. The molecule has 2 heterocycles. The molecule has 0 saturated heterocycles. The van der Waals surface area contributed by atoms with E-state index in [1.165, 1.54) is 0 Å². The van der Waals surface area contributed by atoms with Crippen LogP contribution in [0.3, 0.4) is 0 Å². The Hall–Kier alpha value is -4.26. The SMILES string of the molecule is O=C(CCCc1nc2ccccc2c(=O)[nH]1)NCC(CN1Cc2ccccc2C1=O)c1ccccc1. The second-order valence-corrected chi connectivity index (χ2v) is 9.14. The van der Waals surface area contributed by atoms with Crippen LogP contribution >= 0.6 is 0 Å². The summed E-state index contributed by atoms with van der Waals surface area (Å²) in [7, 11) is 0. The number of carbonyl (C=O) groups excluding carboxylic acids is 2. The third kappa shape index (κ3) is 5.20. The second kappa shape index (κ2) is 10.6. The van der Waals surface area contributed by atoms with Gasteiger partial charge >= 0.3 is 0 Å². The van der Waals surface area contributed by atoms with Crippen LogP contribution in [0.25, 0.3) is 10.9 Å². The highest BCUT2D eigenvalue weighted by molar-refractivity contribution is 5.98. The summed E-state index contributed by atoms with van der Waals surface area (Å²) in [5, 5.41) is 3.61. The van der Waals surface area contributed by atoms with E-state index < -0.39 is 0 Å². The number of aryl methyl sites for hydroxylation is 1. The molecular formula is C29H28N4O3. The number of amides is 2. The lowest BCUT2D eigenvalue weighted by Gasteiger charge is -2.24. The van der Waals surface area contributed by atoms with E-state index >= 15 is 0 Å². The van der Waals surface area contributed by atoms with E-state index in [-0.39, 0.29) is 23.3 Å². The fourth-order valence-electron chi connectivity index (χ4n) is 4.74. The van der Waals surface area contributed by atoms with Gasteiger partial charge in [-0.15, -0.1) is 0 Å². The maximum absolute atomic E-state index is 12.9. The highest BCUT2D eigenvalue weighted by atomic mass is 16.2. The van der Waals surface area contributed by atoms with E-state index in [0.717, 1.165) is 16.7 Å². The first-order valence-corrected chi connectivity index (χ1v) is 12.3. The van der Waals surface area contributed by atoms with Gasteiger partial charge in [-0.3, -0.25) is 14.4 Å². The van der Waals surface area contributed by atoms with Gasteiger partial charge in [0.15, 0.2) is 0 Å². The zero-order valence-electron chi connectivity index (χ0n) is 19.9. The summed E-state index contributed by atoms with van der Waals surface area (Å²) in [5.74, 6) is 0.539. The number of para-hydroxylation sites is 1. The maximum atomic E-state index is 12.9. The van der Waals surface area contributed by atoms with Gasteiger partial charge in [0.2, 0.25) is 5.91 Å². The molecule has 0 fully saturated rings. The summed E-state index contributed by atoms with van der Waals surface area (Å²) in [4.78, 5) is 47.0. The number of rotatable bonds is 9. The monoisotopic (exact) mass is 480 g/mol. The predicted octanol–water partition coefficient (Wildman–Crippen LogP) is 3.80. The topological polar surface area (TPSA) is 95.2 Å². The zero-order chi connectivity index (χ0) is 24.9. The third-order valence-corrected chi connectivity index (χ3v) is 6.63. The van der Waals surface area contributed by atoms with Crippen LogP contribution in [0.15, 0.2) is 83.7 Å². The third-order valence-electron chi connectivity index (χ3n) is 6.63. The number of hydrogen-bond donors (Lipinski definition) is 2. The molecule has 1 atom stereocenters. The molecule has 1 unspecified atom stereocenters. The van der Waals surface area contributed by atoms with Crippen molar-refractivity contribution in [2.24, 2.45) is 0 Å². The van der Waals surface area contributed by atoms with E-state index in [9.17, 15) is 14.4 Å². The first-order chi connectivity index (χ1) is 17.6. The van der Waals surface area contributed by atoms with Crippen molar-refractivity contribution in [3.8, 4) is 0 Å². The number of nitrogens with zero attached hydrogens (tertiary/aromatic N) is 2. The van der Waals surface area contributed by atoms with E-state index in [2.05, 4.69) is 15.3 Å². The molecule has 2 N–H and O–H groups in total. The van der Waals surface area contributed by atoms with Crippen LogP contribution in [0, 0.1) is 0 Å². The number of carbonyl (C=O) groups is 2. The van der Waals surface area contributed by atoms with Crippen molar-refractivity contribution in [2.75, 3.05) is 13.1 Å². The van der Waals surface area contributed by atoms with Crippen molar-refractivity contribution in [3.63, 3.8) is 0 Å². The highest BCUT2D eigenvalue weighted by Gasteiger charge is 2.29. The molecule has 1 aliphatic rings. The molecule has 182 valence electrons. The van der Waals surface area contributed by atoms with Gasteiger partial charge in [-0.05, 0) is 35.7 Å². The predicted molar refractivity (Wildman–Crippen MR) is 139 cm³/mol. The minimum absolute atomic E-state index is 0.0214. The summed E-state index contributed by atoms with van der Waals surface area (Å²) < 4.78 is 0. The van der Waals surface area contributed by atoms with Crippen molar-refractivity contribution in [1.29, 1.82) is 0 Å². The van der Waals surface area contributed by atoms with E-state index in [1.54, 1.807) is 6.07 Å². The molecule has 5 rings (SSSR count). The number of fused-ring (bicyclic) bond motifs is 2. The van der Waals surface area contributed by atoms with Crippen molar-refractivity contribution < 1.29 is 9.59 Å². The lowest BCUT2D eigenvalue weighted by Crippen LogP contribution is -2.35. The smallest absolute Gasteiger partial charge is 0.258 e. The molecule has 1 aromatic heterocycles. The first kappa shape index (κ1) is 23.5. The molecule has 3 aromatic carbocycles. The van der Waals surface area contributed by atoms with Gasteiger partial charge in [0.05, 0.1) is 10.9 Å². The van der Waals surface area contributed by atoms with E-state index in [0.29, 0.717) is 55.6 Å². The Morgan fingerprint density at radius 3 is 2.56 bits per heavy atom. The van der Waals surface area contributed by atoms with Crippen LogP contribution in [0.1, 0.15) is 46.1 Å². The second-order valence-electron chi connectivity index (χ2n) is 9.14. The van der Waals surface area contributed by atoms with E-state index in [4.69, 9.17) is 0 Å². The van der Waals surface area contributed by atoms with Crippen molar-refractivity contribution in [2.45, 2.75) is 31.7 Å². The van der Waals surface area contributed by atoms with E-state index in [1.807, 2.05) is 77.7 Å². The molecule has 2 amide bonds. The summed E-state index contributed by atoms with van der Waals surface area (Å²) >= 11 is 0. The van der Waals surface area contributed by atoms with Crippen LogP contribution in [0.5, 0.6) is 0 Å². The number of H-pyrrole nitrogens is 1. The number of aromatic nitrogens is 2. The molecule has 7 heteroatoms. The molecule has 7 nitrogen and oxygen atoms in total. The van der Waals surface area contributed by atoms with Crippen LogP contribution in [0.4, 0.5) is 0 Å². The Kier molecular flexibility index (Phi) is 6.89. The number of aromatic amines is 1. The van der Waals surface area contributed by atoms with Crippen LogP contribution < -0.4 is 10.9 Å². The van der Waals surface area contributed by atoms with Gasteiger partial charge in [0, 0.05) is 44.0 Å². The maximum Gasteiger partial charge on any atom is 0.258 e. The summed E-state index contributed by atoms with van der Waals surface area (Å²) in [6, 6.07) is 24.9. The molecule has 4 aromatic rings. The average molecular weight is 481 g/mol. The Balaban J connectivity index is 1.18. The van der Waals surface area contributed by atoms with Gasteiger partial charge in [-0.1, -0.05) is 60.7 Å². The minimum Gasteiger partial charge on any atom is -0.355 e. The zero-order valence-corrected chi connectivity index (χ0v) is 19.9. The minimum atomic E-state index is -0.163. The standard InChI is InChI=1S/C29H28N4O3/c34-27(16-8-15-26-31-25-14-7-6-13-24(25)28(35)32-26)30-17-22(20-9-2-1-3-10-20)19-33-18-21-11-4-5-12-23(21)29(33)36/h1-7,9-14,22H,8,15-19H2,(H,30,34)(H,31,32,35). The van der Waals surface area contributed by atoms with Crippen LogP contribution in [-0.4, -0.2) is 39.8 Å². The summed E-state index contributed by atoms with van der Waals surface area (Å²) in [6.07, 6.45) is 1.41. The van der Waals surface area contributed by atoms with Gasteiger partial charge in [-0.2, -0.15) is 0 Å². The molecule has 1 aliphatic heterocycles. The first-order valence-electron chi connectivity index (χ1n) is 12.3. The molecule has 0 spiro atoms. The number of benzene rings is 3. The molecule has 36 heavy (non-hydrogen) atoms. The largest absolute Gasteiger partial charge is 0.355 e. The number of hydrogen-bond acceptors (Lipinski definition) is 4. The number of nitrogens with one attached hydrogen (secondary N) is 2. The van der Waals surface area contributed by atoms with Gasteiger partial charge in [0.25, 0.3) is 11.5 Å².